The number of nitrogens with zero attached hydrogens (tertiary/aromatic N) is 3. The van der Waals surface area contributed by atoms with Crippen molar-refractivity contribution in [2.24, 2.45) is 29.1 Å². The van der Waals surface area contributed by atoms with Crippen LogP contribution in [0.1, 0.15) is 75.0 Å². The first kappa shape index (κ1) is 23.0. The quantitative estimate of drug-likeness (QED) is 0.638. The molecular weight excluding hydrogens is 438 g/mol. The molecule has 1 saturated heterocycles. The lowest BCUT2D eigenvalue weighted by molar-refractivity contribution is -0.124. The third kappa shape index (κ3) is 4.59. The Hall–Kier alpha value is -2.41. The summed E-state index contributed by atoms with van der Waals surface area (Å²) < 4.78 is 1.94. The second-order valence-corrected chi connectivity index (χ2v) is 12.4. The number of carbonyl (C=O) groups excluding carboxylic acids is 2. The second-order valence-electron chi connectivity index (χ2n) is 12.4. The molecule has 0 spiro atoms. The molecule has 188 valence electrons. The van der Waals surface area contributed by atoms with Crippen molar-refractivity contribution in [3.05, 3.63) is 35.8 Å². The fourth-order valence-electron chi connectivity index (χ4n) is 7.88. The molecule has 0 aromatic carbocycles. The predicted molar refractivity (Wildman–Crippen MR) is 135 cm³/mol. The van der Waals surface area contributed by atoms with Crippen LogP contribution in [0, 0.1) is 29.1 Å². The highest BCUT2D eigenvalue weighted by atomic mass is 16.2. The van der Waals surface area contributed by atoms with Crippen LogP contribution in [-0.4, -0.2) is 51.8 Å². The van der Waals surface area contributed by atoms with Crippen molar-refractivity contribution < 1.29 is 9.59 Å². The van der Waals surface area contributed by atoms with E-state index in [0.717, 1.165) is 61.7 Å². The zero-order valence-corrected chi connectivity index (χ0v) is 21.1. The first-order chi connectivity index (χ1) is 16.9. The van der Waals surface area contributed by atoms with Crippen LogP contribution in [0.2, 0.25) is 0 Å². The van der Waals surface area contributed by atoms with E-state index in [9.17, 15) is 9.59 Å². The highest BCUT2D eigenvalue weighted by Crippen LogP contribution is 2.59. The number of aromatic nitrogens is 2. The summed E-state index contributed by atoms with van der Waals surface area (Å²) in [5, 5.41) is 6.47. The predicted octanol–water partition coefficient (Wildman–Crippen LogP) is 3.63. The smallest absolute Gasteiger partial charge is 0.268 e. The number of rotatable bonds is 7. The van der Waals surface area contributed by atoms with Crippen molar-refractivity contribution in [3.63, 3.8) is 0 Å². The van der Waals surface area contributed by atoms with Gasteiger partial charge in [-0.15, -0.1) is 0 Å². The molecule has 1 aliphatic heterocycles. The second kappa shape index (κ2) is 8.91. The minimum atomic E-state index is 0.00734. The van der Waals surface area contributed by atoms with E-state index in [0.29, 0.717) is 11.1 Å². The van der Waals surface area contributed by atoms with Gasteiger partial charge in [0.05, 0.1) is 5.69 Å². The van der Waals surface area contributed by atoms with Crippen molar-refractivity contribution in [3.8, 4) is 0 Å². The van der Waals surface area contributed by atoms with Gasteiger partial charge in [0.1, 0.15) is 11.3 Å². The summed E-state index contributed by atoms with van der Waals surface area (Å²) >= 11 is 0. The molecule has 7 rings (SSSR count). The van der Waals surface area contributed by atoms with Crippen LogP contribution in [0.3, 0.4) is 0 Å². The molecule has 4 saturated carbocycles. The number of carbonyl (C=O) groups is 2. The molecule has 35 heavy (non-hydrogen) atoms. The summed E-state index contributed by atoms with van der Waals surface area (Å²) in [5.41, 5.74) is 2.76. The van der Waals surface area contributed by atoms with Crippen molar-refractivity contribution in [1.29, 1.82) is 0 Å². The van der Waals surface area contributed by atoms with Gasteiger partial charge in [0.25, 0.3) is 5.91 Å². The molecule has 2 aromatic heterocycles. The van der Waals surface area contributed by atoms with Crippen LogP contribution in [0.15, 0.2) is 24.4 Å². The Bertz CT molecular complexity index is 1090. The Morgan fingerprint density at radius 2 is 1.83 bits per heavy atom. The summed E-state index contributed by atoms with van der Waals surface area (Å²) in [6, 6.07) is 6.00. The summed E-state index contributed by atoms with van der Waals surface area (Å²) in [4.78, 5) is 32.5. The maximum atomic E-state index is 13.3. The number of nitrogens with one attached hydrogen (secondary N) is 2. The number of amides is 2. The highest BCUT2D eigenvalue weighted by molar-refractivity contribution is 5.93. The van der Waals surface area contributed by atoms with Gasteiger partial charge in [-0.2, -0.15) is 0 Å². The Morgan fingerprint density at radius 1 is 1.11 bits per heavy atom. The summed E-state index contributed by atoms with van der Waals surface area (Å²) in [7, 11) is 0. The Kier molecular flexibility index (Phi) is 5.86. The van der Waals surface area contributed by atoms with Crippen molar-refractivity contribution in [1.82, 2.24) is 24.9 Å². The standard InChI is InChI=1S/C28H39N5O2/c1-18(2)26(34)31-22-6-7-32(14-22)15-23-16-33-24(4-3-5-25(33)30-23)27(35)29-17-28-11-19-8-20(12-28)10-21(9-19)13-28/h3-5,16,18-22H,6-15,17H2,1-2H3,(H,29,35)(H,31,34)/t19?,20?,21?,22-,28?/m1/s1. The van der Waals surface area contributed by atoms with E-state index in [4.69, 9.17) is 4.98 Å². The van der Waals surface area contributed by atoms with E-state index >= 15 is 0 Å². The van der Waals surface area contributed by atoms with E-state index in [1.165, 1.54) is 38.5 Å². The number of imidazole rings is 1. The topological polar surface area (TPSA) is 78.7 Å². The Balaban J connectivity index is 1.10. The lowest BCUT2D eigenvalue weighted by Crippen LogP contribution is -2.51. The molecule has 7 nitrogen and oxygen atoms in total. The van der Waals surface area contributed by atoms with E-state index in [1.807, 2.05) is 42.6 Å². The molecular formula is C28H39N5O2. The number of fused-ring (bicyclic) bond motifs is 1. The summed E-state index contributed by atoms with van der Waals surface area (Å²) in [6.07, 6.45) is 11.1. The Labute approximate surface area is 208 Å². The van der Waals surface area contributed by atoms with Gasteiger partial charge in [-0.25, -0.2) is 4.98 Å². The fourth-order valence-corrected chi connectivity index (χ4v) is 7.88. The monoisotopic (exact) mass is 477 g/mol. The molecule has 5 aliphatic rings. The van der Waals surface area contributed by atoms with E-state index in [1.54, 1.807) is 0 Å². The van der Waals surface area contributed by atoms with Crippen molar-refractivity contribution in [2.45, 2.75) is 71.4 Å². The first-order valence-corrected chi connectivity index (χ1v) is 13.6. The van der Waals surface area contributed by atoms with E-state index < -0.39 is 0 Å². The van der Waals surface area contributed by atoms with Crippen LogP contribution >= 0.6 is 0 Å². The zero-order valence-electron chi connectivity index (χ0n) is 21.1. The first-order valence-electron chi connectivity index (χ1n) is 13.6. The van der Waals surface area contributed by atoms with Gasteiger partial charge in [0.2, 0.25) is 5.91 Å². The molecule has 2 aromatic rings. The molecule has 7 heteroatoms. The van der Waals surface area contributed by atoms with E-state index in [-0.39, 0.29) is 23.8 Å². The van der Waals surface area contributed by atoms with Gasteiger partial charge in [-0.1, -0.05) is 19.9 Å². The van der Waals surface area contributed by atoms with Gasteiger partial charge in [0, 0.05) is 44.3 Å². The van der Waals surface area contributed by atoms with Gasteiger partial charge in [-0.05, 0) is 80.2 Å². The molecule has 4 aliphatic carbocycles. The molecule has 5 fully saturated rings. The molecule has 2 amide bonds. The molecule has 3 heterocycles. The van der Waals surface area contributed by atoms with E-state index in [2.05, 4.69) is 15.5 Å². The van der Waals surface area contributed by atoms with Crippen LogP contribution in [0.4, 0.5) is 0 Å². The minimum Gasteiger partial charge on any atom is -0.352 e. The minimum absolute atomic E-state index is 0.00734. The summed E-state index contributed by atoms with van der Waals surface area (Å²) in [5.74, 6) is 2.81. The maximum absolute atomic E-state index is 13.3. The average Bonchev–Trinajstić information content (AvgIpc) is 3.42. The normalized spacial score (nSPS) is 32.0. The fraction of sp³-hybridized carbons (Fsp3) is 0.679. The van der Waals surface area contributed by atoms with Crippen LogP contribution < -0.4 is 10.6 Å². The number of hydrogen-bond acceptors (Lipinski definition) is 4. The lowest BCUT2D eigenvalue weighted by Gasteiger charge is -2.56. The van der Waals surface area contributed by atoms with Gasteiger partial charge >= 0.3 is 0 Å². The zero-order chi connectivity index (χ0) is 24.2. The Morgan fingerprint density at radius 3 is 2.51 bits per heavy atom. The maximum Gasteiger partial charge on any atom is 0.268 e. The SMILES string of the molecule is CC(C)C(=O)N[C@@H]1CCN(Cc2cn3c(C(=O)NCC45CC6CC(CC(C6)C4)C5)cccc3n2)C1. The lowest BCUT2D eigenvalue weighted by atomic mass is 9.49. The van der Waals surface area contributed by atoms with Gasteiger partial charge in [-0.3, -0.25) is 18.9 Å². The van der Waals surface area contributed by atoms with Gasteiger partial charge < -0.3 is 10.6 Å². The molecule has 2 N–H and O–H groups in total. The molecule has 4 bridgehead atoms. The van der Waals surface area contributed by atoms with Crippen molar-refractivity contribution in [2.75, 3.05) is 19.6 Å². The number of pyridine rings is 1. The van der Waals surface area contributed by atoms with Crippen LogP contribution in [0.5, 0.6) is 0 Å². The largest absolute Gasteiger partial charge is 0.352 e. The third-order valence-electron chi connectivity index (χ3n) is 9.09. The van der Waals surface area contributed by atoms with Crippen LogP contribution in [-0.2, 0) is 11.3 Å². The average molecular weight is 478 g/mol. The third-order valence-corrected chi connectivity index (χ3v) is 9.09. The van der Waals surface area contributed by atoms with Gasteiger partial charge in [0.15, 0.2) is 0 Å². The van der Waals surface area contributed by atoms with Crippen molar-refractivity contribution >= 4 is 17.5 Å². The molecule has 0 unspecified atom stereocenters. The summed E-state index contributed by atoms with van der Waals surface area (Å²) in [6.45, 7) is 7.17. The molecule has 1 atom stereocenters. The highest BCUT2D eigenvalue weighted by Gasteiger charge is 2.50. The number of likely N-dealkylation sites (tertiary alicyclic amines) is 1. The number of hydrogen-bond donors (Lipinski definition) is 2. The molecule has 0 radical (unpaired) electrons. The van der Waals surface area contributed by atoms with Crippen LogP contribution in [0.25, 0.3) is 5.65 Å².